The van der Waals surface area contributed by atoms with E-state index < -0.39 is 0 Å². The second-order valence-corrected chi connectivity index (χ2v) is 4.30. The number of rotatable bonds is 2. The second-order valence-electron chi connectivity index (χ2n) is 4.30. The second kappa shape index (κ2) is 4.90. The smallest absolute Gasteiger partial charge is 0.0702 e. The fraction of sp³-hybridized carbons (Fsp3) is 0. The maximum atomic E-state index is 5.68. The van der Waals surface area contributed by atoms with Gasteiger partial charge in [-0.15, -0.1) is 0 Å². The van der Waals surface area contributed by atoms with Crippen LogP contribution in [0.25, 0.3) is 22.4 Å². The Balaban J connectivity index is 1.93. The van der Waals surface area contributed by atoms with Crippen LogP contribution in [-0.2, 0) is 0 Å². The summed E-state index contributed by atoms with van der Waals surface area (Å²) in [6.07, 6.45) is 5.46. The van der Waals surface area contributed by atoms with E-state index in [1.54, 1.807) is 6.20 Å². The van der Waals surface area contributed by atoms with Crippen LogP contribution in [0.4, 0.5) is 5.69 Å². The SMILES string of the molecule is Nc1ccc(-c2ccc(-c3cccnc3)cn2)cc1. The van der Waals surface area contributed by atoms with Crippen molar-refractivity contribution in [1.29, 1.82) is 0 Å². The lowest BCUT2D eigenvalue weighted by atomic mass is 10.1. The van der Waals surface area contributed by atoms with Crippen LogP contribution in [0.1, 0.15) is 0 Å². The van der Waals surface area contributed by atoms with E-state index in [1.165, 1.54) is 0 Å². The van der Waals surface area contributed by atoms with Crippen molar-refractivity contribution in [2.45, 2.75) is 0 Å². The van der Waals surface area contributed by atoms with E-state index >= 15 is 0 Å². The summed E-state index contributed by atoms with van der Waals surface area (Å²) < 4.78 is 0. The molecule has 3 aromatic rings. The Morgan fingerprint density at radius 3 is 2.11 bits per heavy atom. The maximum absolute atomic E-state index is 5.68. The predicted molar refractivity (Wildman–Crippen MR) is 77.3 cm³/mol. The summed E-state index contributed by atoms with van der Waals surface area (Å²) in [6.45, 7) is 0. The number of aromatic nitrogens is 2. The Labute approximate surface area is 111 Å². The molecular weight excluding hydrogens is 234 g/mol. The van der Waals surface area contributed by atoms with Gasteiger partial charge in [0.1, 0.15) is 0 Å². The highest BCUT2D eigenvalue weighted by atomic mass is 14.7. The van der Waals surface area contributed by atoms with Crippen LogP contribution in [-0.4, -0.2) is 9.97 Å². The lowest BCUT2D eigenvalue weighted by Gasteiger charge is -2.04. The highest BCUT2D eigenvalue weighted by Crippen LogP contribution is 2.22. The molecule has 3 rings (SSSR count). The third-order valence-corrected chi connectivity index (χ3v) is 2.96. The van der Waals surface area contributed by atoms with Gasteiger partial charge in [-0.3, -0.25) is 9.97 Å². The number of nitrogen functional groups attached to an aromatic ring is 1. The fourth-order valence-corrected chi connectivity index (χ4v) is 1.92. The third-order valence-electron chi connectivity index (χ3n) is 2.96. The zero-order chi connectivity index (χ0) is 13.1. The predicted octanol–water partition coefficient (Wildman–Crippen LogP) is 3.39. The molecule has 0 unspecified atom stereocenters. The zero-order valence-electron chi connectivity index (χ0n) is 10.3. The van der Waals surface area contributed by atoms with Gasteiger partial charge in [0.2, 0.25) is 0 Å². The summed E-state index contributed by atoms with van der Waals surface area (Å²) in [7, 11) is 0. The Morgan fingerprint density at radius 2 is 1.47 bits per heavy atom. The van der Waals surface area contributed by atoms with E-state index in [0.717, 1.165) is 28.1 Å². The molecule has 92 valence electrons. The quantitative estimate of drug-likeness (QED) is 0.706. The number of hydrogen-bond donors (Lipinski definition) is 1. The molecule has 0 saturated carbocycles. The van der Waals surface area contributed by atoms with E-state index in [1.807, 2.05) is 54.9 Å². The standard InChI is InChI=1S/C16H13N3/c17-15-6-3-12(4-7-15)16-8-5-14(11-19-16)13-2-1-9-18-10-13/h1-11H,17H2. The largest absolute Gasteiger partial charge is 0.399 e. The molecule has 0 atom stereocenters. The van der Waals surface area contributed by atoms with Gasteiger partial charge in [-0.1, -0.05) is 24.3 Å². The van der Waals surface area contributed by atoms with Crippen molar-refractivity contribution in [3.05, 3.63) is 67.1 Å². The van der Waals surface area contributed by atoms with Crippen molar-refractivity contribution >= 4 is 5.69 Å². The first-order chi connectivity index (χ1) is 9.33. The van der Waals surface area contributed by atoms with Crippen LogP contribution < -0.4 is 5.73 Å². The van der Waals surface area contributed by atoms with E-state index in [4.69, 9.17) is 5.73 Å². The summed E-state index contributed by atoms with van der Waals surface area (Å²) in [5, 5.41) is 0. The molecular formula is C16H13N3. The first kappa shape index (κ1) is 11.4. The average molecular weight is 247 g/mol. The van der Waals surface area contributed by atoms with Crippen LogP contribution >= 0.6 is 0 Å². The highest BCUT2D eigenvalue weighted by Gasteiger charge is 2.01. The monoisotopic (exact) mass is 247 g/mol. The van der Waals surface area contributed by atoms with Gasteiger partial charge in [-0.05, 0) is 24.3 Å². The van der Waals surface area contributed by atoms with Gasteiger partial charge in [0.15, 0.2) is 0 Å². The molecule has 1 aromatic carbocycles. The molecule has 3 nitrogen and oxygen atoms in total. The van der Waals surface area contributed by atoms with Crippen LogP contribution in [0.15, 0.2) is 67.1 Å². The molecule has 2 heterocycles. The molecule has 0 bridgehead atoms. The van der Waals surface area contributed by atoms with Crippen molar-refractivity contribution in [2.24, 2.45) is 0 Å². The first-order valence-corrected chi connectivity index (χ1v) is 6.05. The van der Waals surface area contributed by atoms with Crippen molar-refractivity contribution in [2.75, 3.05) is 5.73 Å². The highest BCUT2D eigenvalue weighted by molar-refractivity contribution is 5.67. The van der Waals surface area contributed by atoms with Crippen LogP contribution in [0, 0.1) is 0 Å². The Hall–Kier alpha value is -2.68. The summed E-state index contributed by atoms with van der Waals surface area (Å²) >= 11 is 0. The van der Waals surface area contributed by atoms with Gasteiger partial charge in [-0.25, -0.2) is 0 Å². The summed E-state index contributed by atoms with van der Waals surface area (Å²) in [4.78, 5) is 8.60. The fourth-order valence-electron chi connectivity index (χ4n) is 1.92. The van der Waals surface area contributed by atoms with Crippen LogP contribution in [0.2, 0.25) is 0 Å². The molecule has 0 amide bonds. The maximum Gasteiger partial charge on any atom is 0.0702 e. The molecule has 0 radical (unpaired) electrons. The van der Waals surface area contributed by atoms with Gasteiger partial charge in [-0.2, -0.15) is 0 Å². The summed E-state index contributed by atoms with van der Waals surface area (Å²) in [5.41, 5.74) is 10.6. The molecule has 0 saturated heterocycles. The lowest BCUT2D eigenvalue weighted by Crippen LogP contribution is -1.87. The van der Waals surface area contributed by atoms with Gasteiger partial charge < -0.3 is 5.73 Å². The molecule has 3 heteroatoms. The van der Waals surface area contributed by atoms with Crippen LogP contribution in [0.5, 0.6) is 0 Å². The molecule has 0 aliphatic rings. The van der Waals surface area contributed by atoms with Crippen molar-refractivity contribution in [3.8, 4) is 22.4 Å². The number of nitrogens with two attached hydrogens (primary N) is 1. The normalized spacial score (nSPS) is 10.3. The lowest BCUT2D eigenvalue weighted by molar-refractivity contribution is 1.30. The van der Waals surface area contributed by atoms with Gasteiger partial charge >= 0.3 is 0 Å². The van der Waals surface area contributed by atoms with E-state index in [9.17, 15) is 0 Å². The number of pyridine rings is 2. The summed E-state index contributed by atoms with van der Waals surface area (Å²) in [6, 6.07) is 15.7. The molecule has 19 heavy (non-hydrogen) atoms. The Morgan fingerprint density at radius 1 is 0.737 bits per heavy atom. The topological polar surface area (TPSA) is 51.8 Å². The van der Waals surface area contributed by atoms with Crippen molar-refractivity contribution < 1.29 is 0 Å². The van der Waals surface area contributed by atoms with Gasteiger partial charge in [0, 0.05) is 41.0 Å². The zero-order valence-corrected chi connectivity index (χ0v) is 10.3. The molecule has 0 fully saturated rings. The average Bonchev–Trinajstić information content (AvgIpc) is 2.49. The molecule has 0 spiro atoms. The van der Waals surface area contributed by atoms with Crippen LogP contribution in [0.3, 0.4) is 0 Å². The molecule has 2 N–H and O–H groups in total. The minimum absolute atomic E-state index is 0.760. The first-order valence-electron chi connectivity index (χ1n) is 6.05. The molecule has 2 aromatic heterocycles. The Kier molecular flexibility index (Phi) is 2.94. The van der Waals surface area contributed by atoms with E-state index in [2.05, 4.69) is 16.0 Å². The third kappa shape index (κ3) is 2.45. The van der Waals surface area contributed by atoms with E-state index in [0.29, 0.717) is 0 Å². The number of benzene rings is 1. The number of anilines is 1. The number of nitrogens with zero attached hydrogens (tertiary/aromatic N) is 2. The van der Waals surface area contributed by atoms with Crippen molar-refractivity contribution in [1.82, 2.24) is 9.97 Å². The molecule has 0 aliphatic heterocycles. The molecule has 0 aliphatic carbocycles. The van der Waals surface area contributed by atoms with Crippen molar-refractivity contribution in [3.63, 3.8) is 0 Å². The minimum atomic E-state index is 0.760. The summed E-state index contributed by atoms with van der Waals surface area (Å²) in [5.74, 6) is 0. The number of hydrogen-bond acceptors (Lipinski definition) is 3. The Bertz CT molecular complexity index is 659. The van der Waals surface area contributed by atoms with Gasteiger partial charge in [0.05, 0.1) is 5.69 Å². The van der Waals surface area contributed by atoms with E-state index in [-0.39, 0.29) is 0 Å². The van der Waals surface area contributed by atoms with Gasteiger partial charge in [0.25, 0.3) is 0 Å². The minimum Gasteiger partial charge on any atom is -0.399 e.